The molecule has 146 valence electrons. The molecule has 0 aliphatic rings. The van der Waals surface area contributed by atoms with Gasteiger partial charge in [-0.1, -0.05) is 90.4 Å². The van der Waals surface area contributed by atoms with Crippen molar-refractivity contribution in [2.45, 2.75) is 116 Å². The monoisotopic (exact) mass is 360 g/mol. The van der Waals surface area contributed by atoms with Gasteiger partial charge in [-0.05, 0) is 19.1 Å². The van der Waals surface area contributed by atoms with E-state index in [9.17, 15) is 5.11 Å². The first-order valence-corrected chi connectivity index (χ1v) is 11.7. The Bertz CT molecular complexity index is 234. The summed E-state index contributed by atoms with van der Waals surface area (Å²) < 4.78 is 5.27. The van der Waals surface area contributed by atoms with Crippen LogP contribution < -0.4 is 0 Å². The largest absolute Gasteiger partial charge is 0.391 e. The fourth-order valence-electron chi connectivity index (χ4n) is 3.00. The third kappa shape index (κ3) is 17.1. The minimum absolute atomic E-state index is 0.0124. The van der Waals surface area contributed by atoms with Gasteiger partial charge in [0.15, 0.2) is 0 Å². The van der Waals surface area contributed by atoms with Crippen LogP contribution in [0.25, 0.3) is 0 Å². The maximum absolute atomic E-state index is 9.50. The van der Waals surface area contributed by atoms with E-state index in [4.69, 9.17) is 4.74 Å². The molecule has 0 saturated carbocycles. The van der Waals surface area contributed by atoms with Crippen LogP contribution >= 0.6 is 11.8 Å². The first kappa shape index (κ1) is 24.3. The predicted molar refractivity (Wildman–Crippen MR) is 110 cm³/mol. The Kier molecular flexibility index (Phi) is 19.8. The van der Waals surface area contributed by atoms with Gasteiger partial charge >= 0.3 is 0 Å². The lowest BCUT2D eigenvalue weighted by Gasteiger charge is -2.17. The summed E-state index contributed by atoms with van der Waals surface area (Å²) in [5, 5.41) is 9.50. The Morgan fingerprint density at radius 2 is 1.17 bits per heavy atom. The standard InChI is InChI=1S/C21H44O2S/c1-4-5-6-7-8-9-10-11-12-13-14-15-16-17-18-24-19-21(23-3)20(2)22/h20-22H,4-19H2,1-3H3. The molecule has 0 heterocycles. The van der Waals surface area contributed by atoms with E-state index in [-0.39, 0.29) is 12.2 Å². The van der Waals surface area contributed by atoms with Crippen molar-refractivity contribution >= 4 is 11.8 Å². The smallest absolute Gasteiger partial charge is 0.0917 e. The van der Waals surface area contributed by atoms with E-state index in [2.05, 4.69) is 6.92 Å². The van der Waals surface area contributed by atoms with Crippen LogP contribution in [-0.2, 0) is 4.74 Å². The number of aliphatic hydroxyl groups excluding tert-OH is 1. The third-order valence-electron chi connectivity index (χ3n) is 4.77. The summed E-state index contributed by atoms with van der Waals surface area (Å²) >= 11 is 1.91. The average Bonchev–Trinajstić information content (AvgIpc) is 2.57. The number of hydrogen-bond acceptors (Lipinski definition) is 3. The van der Waals surface area contributed by atoms with Gasteiger partial charge in [0.2, 0.25) is 0 Å². The van der Waals surface area contributed by atoms with Crippen LogP contribution in [0, 0.1) is 0 Å². The first-order chi connectivity index (χ1) is 11.7. The van der Waals surface area contributed by atoms with Gasteiger partial charge < -0.3 is 9.84 Å². The Morgan fingerprint density at radius 1 is 0.750 bits per heavy atom. The zero-order valence-corrected chi connectivity index (χ0v) is 17.5. The molecule has 0 amide bonds. The van der Waals surface area contributed by atoms with Crippen LogP contribution in [0.3, 0.4) is 0 Å². The predicted octanol–water partition coefficient (Wildman–Crippen LogP) is 6.60. The minimum Gasteiger partial charge on any atom is -0.391 e. The SMILES string of the molecule is CCCCCCCCCCCCCCCCSCC(OC)C(C)O. The van der Waals surface area contributed by atoms with Gasteiger partial charge in [0, 0.05) is 12.9 Å². The second kappa shape index (κ2) is 19.6. The van der Waals surface area contributed by atoms with Gasteiger partial charge in [0.1, 0.15) is 0 Å². The molecule has 24 heavy (non-hydrogen) atoms. The topological polar surface area (TPSA) is 29.5 Å². The van der Waals surface area contributed by atoms with Gasteiger partial charge in [-0.2, -0.15) is 11.8 Å². The number of thioether (sulfide) groups is 1. The number of hydrogen-bond donors (Lipinski definition) is 1. The molecular formula is C21H44O2S. The average molecular weight is 361 g/mol. The van der Waals surface area contributed by atoms with E-state index in [0.29, 0.717) is 0 Å². The summed E-state index contributed by atoms with van der Waals surface area (Å²) in [6, 6.07) is 0. The Balaban J connectivity index is 3.10. The zero-order chi connectivity index (χ0) is 17.9. The Morgan fingerprint density at radius 3 is 1.54 bits per heavy atom. The number of aliphatic hydroxyl groups is 1. The molecule has 0 radical (unpaired) electrons. The van der Waals surface area contributed by atoms with Crippen molar-refractivity contribution in [2.24, 2.45) is 0 Å². The van der Waals surface area contributed by atoms with Gasteiger partial charge in [-0.25, -0.2) is 0 Å². The molecule has 0 rings (SSSR count). The molecule has 0 aliphatic carbocycles. The van der Waals surface area contributed by atoms with Crippen LogP contribution in [0.1, 0.15) is 104 Å². The van der Waals surface area contributed by atoms with Crippen LogP contribution in [-0.4, -0.2) is 35.9 Å². The van der Waals surface area contributed by atoms with Crippen LogP contribution in [0.5, 0.6) is 0 Å². The summed E-state index contributed by atoms with van der Waals surface area (Å²) in [4.78, 5) is 0. The summed E-state index contributed by atoms with van der Waals surface area (Å²) in [7, 11) is 1.68. The molecule has 2 atom stereocenters. The van der Waals surface area contributed by atoms with Crippen molar-refractivity contribution in [1.82, 2.24) is 0 Å². The molecule has 2 unspecified atom stereocenters. The lowest BCUT2D eigenvalue weighted by atomic mass is 10.0. The minimum atomic E-state index is -0.362. The van der Waals surface area contributed by atoms with Crippen molar-refractivity contribution in [3.8, 4) is 0 Å². The highest BCUT2D eigenvalue weighted by Gasteiger charge is 2.12. The van der Waals surface area contributed by atoms with Crippen molar-refractivity contribution < 1.29 is 9.84 Å². The molecular weight excluding hydrogens is 316 g/mol. The van der Waals surface area contributed by atoms with Crippen molar-refractivity contribution in [2.75, 3.05) is 18.6 Å². The second-order valence-electron chi connectivity index (χ2n) is 7.19. The van der Waals surface area contributed by atoms with Gasteiger partial charge in [-0.3, -0.25) is 0 Å². The molecule has 3 heteroatoms. The molecule has 1 N–H and O–H groups in total. The summed E-state index contributed by atoms with van der Waals surface area (Å²) in [6.07, 6.45) is 19.4. The highest BCUT2D eigenvalue weighted by molar-refractivity contribution is 7.99. The molecule has 0 spiro atoms. The zero-order valence-electron chi connectivity index (χ0n) is 16.7. The van der Waals surface area contributed by atoms with Gasteiger partial charge in [0.25, 0.3) is 0 Å². The maximum atomic E-state index is 9.50. The van der Waals surface area contributed by atoms with Crippen molar-refractivity contribution in [3.05, 3.63) is 0 Å². The van der Waals surface area contributed by atoms with E-state index in [1.165, 1.54) is 95.6 Å². The molecule has 2 nitrogen and oxygen atoms in total. The Labute approximate surface area is 156 Å². The summed E-state index contributed by atoms with van der Waals surface area (Å²) in [5.74, 6) is 2.11. The van der Waals surface area contributed by atoms with Crippen LogP contribution in [0.15, 0.2) is 0 Å². The maximum Gasteiger partial charge on any atom is 0.0917 e. The molecule has 0 fully saturated rings. The van der Waals surface area contributed by atoms with Gasteiger partial charge in [-0.15, -0.1) is 0 Å². The molecule has 0 aliphatic heterocycles. The number of rotatable bonds is 19. The lowest BCUT2D eigenvalue weighted by molar-refractivity contribution is 0.0130. The molecule has 0 aromatic heterocycles. The molecule has 0 bridgehead atoms. The molecule has 0 saturated heterocycles. The second-order valence-corrected chi connectivity index (χ2v) is 8.34. The van der Waals surface area contributed by atoms with Crippen molar-refractivity contribution in [1.29, 1.82) is 0 Å². The highest BCUT2D eigenvalue weighted by Crippen LogP contribution is 2.15. The highest BCUT2D eigenvalue weighted by atomic mass is 32.2. The van der Waals surface area contributed by atoms with Gasteiger partial charge in [0.05, 0.1) is 12.2 Å². The summed E-state index contributed by atoms with van der Waals surface area (Å²) in [5.41, 5.74) is 0. The molecule has 0 aromatic rings. The van der Waals surface area contributed by atoms with Crippen LogP contribution in [0.4, 0.5) is 0 Å². The van der Waals surface area contributed by atoms with E-state index in [1.807, 2.05) is 11.8 Å². The number of ether oxygens (including phenoxy) is 1. The third-order valence-corrected chi connectivity index (χ3v) is 5.91. The van der Waals surface area contributed by atoms with E-state index < -0.39 is 0 Å². The van der Waals surface area contributed by atoms with Crippen LogP contribution in [0.2, 0.25) is 0 Å². The number of methoxy groups -OCH3 is 1. The normalized spacial score (nSPS) is 14.0. The van der Waals surface area contributed by atoms with E-state index in [1.54, 1.807) is 14.0 Å². The summed E-state index contributed by atoms with van der Waals surface area (Å²) in [6.45, 7) is 4.09. The first-order valence-electron chi connectivity index (χ1n) is 10.5. The fraction of sp³-hybridized carbons (Fsp3) is 1.00. The van der Waals surface area contributed by atoms with Crippen molar-refractivity contribution in [3.63, 3.8) is 0 Å². The molecule has 0 aromatic carbocycles. The number of unbranched alkanes of at least 4 members (excludes halogenated alkanes) is 13. The fourth-order valence-corrected chi connectivity index (χ4v) is 4.22. The quantitative estimate of drug-likeness (QED) is 0.263. The van der Waals surface area contributed by atoms with E-state index >= 15 is 0 Å². The Hall–Kier alpha value is 0.270. The lowest BCUT2D eigenvalue weighted by Crippen LogP contribution is -2.27. The van der Waals surface area contributed by atoms with E-state index in [0.717, 1.165) is 5.75 Å².